The van der Waals surface area contributed by atoms with E-state index in [1.165, 1.54) is 12.8 Å². The molecule has 0 bridgehead atoms. The predicted molar refractivity (Wildman–Crippen MR) is 94.5 cm³/mol. The molecule has 1 rings (SSSR count). The third kappa shape index (κ3) is 6.17. The maximum absolute atomic E-state index is 12.0. The van der Waals surface area contributed by atoms with E-state index in [0.29, 0.717) is 12.5 Å². The summed E-state index contributed by atoms with van der Waals surface area (Å²) in [5.74, 6) is 0.481. The number of carbonyl (C=O) groups is 1. The lowest BCUT2D eigenvalue weighted by molar-refractivity contribution is 0.0487. The summed E-state index contributed by atoms with van der Waals surface area (Å²) < 4.78 is 10.6. The van der Waals surface area contributed by atoms with Crippen molar-refractivity contribution in [3.63, 3.8) is 0 Å². The standard InChI is InChI=1S/C19H35NO3/c1-17(2,3)23-16(21)20-14(13-22-8)9-10-15-18(4,5)11-12-19(15,6)7/h9-10,14-15H,11-13H2,1-8H3,(H,20,21). The molecule has 23 heavy (non-hydrogen) atoms. The van der Waals surface area contributed by atoms with E-state index in [0.717, 1.165) is 0 Å². The fraction of sp³-hybridized carbons (Fsp3) is 0.842. The molecule has 134 valence electrons. The smallest absolute Gasteiger partial charge is 0.408 e. The number of alkyl carbamates (subject to hydrolysis) is 1. The van der Waals surface area contributed by atoms with Crippen molar-refractivity contribution >= 4 is 6.09 Å². The fourth-order valence-electron chi connectivity index (χ4n) is 3.56. The van der Waals surface area contributed by atoms with E-state index in [9.17, 15) is 4.79 Å². The van der Waals surface area contributed by atoms with Crippen molar-refractivity contribution in [2.24, 2.45) is 16.7 Å². The van der Waals surface area contributed by atoms with Gasteiger partial charge in [0.25, 0.3) is 0 Å². The average molecular weight is 325 g/mol. The Hall–Kier alpha value is -1.03. The predicted octanol–water partition coefficient (Wildman–Crippen LogP) is 4.54. The number of hydrogen-bond donors (Lipinski definition) is 1. The summed E-state index contributed by atoms with van der Waals surface area (Å²) >= 11 is 0. The van der Waals surface area contributed by atoms with E-state index in [1.807, 2.05) is 20.8 Å². The number of rotatable bonds is 5. The molecule has 0 spiro atoms. The van der Waals surface area contributed by atoms with Gasteiger partial charge in [-0.2, -0.15) is 0 Å². The van der Waals surface area contributed by atoms with E-state index in [1.54, 1.807) is 7.11 Å². The molecule has 1 saturated carbocycles. The van der Waals surface area contributed by atoms with Crippen LogP contribution in [0.1, 0.15) is 61.3 Å². The number of allylic oxidation sites excluding steroid dienone is 1. The fourth-order valence-corrected chi connectivity index (χ4v) is 3.56. The molecule has 1 unspecified atom stereocenters. The van der Waals surface area contributed by atoms with Crippen molar-refractivity contribution in [1.29, 1.82) is 0 Å². The normalized spacial score (nSPS) is 22.3. The topological polar surface area (TPSA) is 47.6 Å². The van der Waals surface area contributed by atoms with E-state index in [4.69, 9.17) is 9.47 Å². The van der Waals surface area contributed by atoms with Gasteiger partial charge in [0.2, 0.25) is 0 Å². The molecule has 1 aliphatic rings. The van der Waals surface area contributed by atoms with Crippen LogP contribution in [-0.2, 0) is 9.47 Å². The minimum absolute atomic E-state index is 0.179. The van der Waals surface area contributed by atoms with Crippen LogP contribution in [0.2, 0.25) is 0 Å². The van der Waals surface area contributed by atoms with Crippen LogP contribution in [0.25, 0.3) is 0 Å². The SMILES string of the molecule is COCC(C=CC1C(C)(C)CCC1(C)C)NC(=O)OC(C)(C)C. The third-order valence-corrected chi connectivity index (χ3v) is 4.68. The number of hydrogen-bond acceptors (Lipinski definition) is 3. The van der Waals surface area contributed by atoms with E-state index in [2.05, 4.69) is 45.2 Å². The first-order valence-electron chi connectivity index (χ1n) is 8.54. The Labute approximate surface area is 142 Å². The summed E-state index contributed by atoms with van der Waals surface area (Å²) in [5, 5.41) is 2.88. The monoisotopic (exact) mass is 325 g/mol. The number of amides is 1. The van der Waals surface area contributed by atoms with Crippen LogP contribution in [0.4, 0.5) is 4.79 Å². The zero-order chi connectivity index (χ0) is 17.9. The molecular formula is C19H35NO3. The Bertz CT molecular complexity index is 416. The van der Waals surface area contributed by atoms with E-state index >= 15 is 0 Å². The molecule has 0 heterocycles. The minimum Gasteiger partial charge on any atom is -0.444 e. The van der Waals surface area contributed by atoms with Crippen molar-refractivity contribution in [2.45, 2.75) is 73.0 Å². The molecule has 1 N–H and O–H groups in total. The molecule has 0 aromatic rings. The van der Waals surface area contributed by atoms with Crippen molar-refractivity contribution in [2.75, 3.05) is 13.7 Å². The van der Waals surface area contributed by atoms with Gasteiger partial charge in [0, 0.05) is 7.11 Å². The van der Waals surface area contributed by atoms with Crippen molar-refractivity contribution < 1.29 is 14.3 Å². The second-order valence-electron chi connectivity index (χ2n) is 9.05. The molecule has 1 fully saturated rings. The largest absolute Gasteiger partial charge is 0.444 e. The second-order valence-corrected chi connectivity index (χ2v) is 9.05. The molecule has 1 aliphatic carbocycles. The second kappa shape index (κ2) is 7.25. The highest BCUT2D eigenvalue weighted by Gasteiger charge is 2.45. The minimum atomic E-state index is -0.499. The van der Waals surface area contributed by atoms with Crippen LogP contribution in [0.5, 0.6) is 0 Å². The van der Waals surface area contributed by atoms with Gasteiger partial charge in [-0.05, 0) is 50.4 Å². The first kappa shape index (κ1) is 20.0. The highest BCUT2D eigenvalue weighted by molar-refractivity contribution is 5.68. The number of ether oxygens (including phenoxy) is 2. The number of methoxy groups -OCH3 is 1. The lowest BCUT2D eigenvalue weighted by Gasteiger charge is -2.33. The van der Waals surface area contributed by atoms with E-state index < -0.39 is 11.7 Å². The summed E-state index contributed by atoms with van der Waals surface area (Å²) in [6.45, 7) is 15.3. The van der Waals surface area contributed by atoms with Gasteiger partial charge >= 0.3 is 6.09 Å². The highest BCUT2D eigenvalue weighted by atomic mass is 16.6. The van der Waals surface area contributed by atoms with Crippen LogP contribution in [0.15, 0.2) is 12.2 Å². The van der Waals surface area contributed by atoms with Crippen LogP contribution in [-0.4, -0.2) is 31.5 Å². The van der Waals surface area contributed by atoms with Gasteiger partial charge < -0.3 is 14.8 Å². The van der Waals surface area contributed by atoms with Crippen LogP contribution in [0.3, 0.4) is 0 Å². The molecule has 0 aromatic carbocycles. The van der Waals surface area contributed by atoms with Gasteiger partial charge in [0.05, 0.1) is 12.6 Å². The van der Waals surface area contributed by atoms with Gasteiger partial charge in [-0.3, -0.25) is 0 Å². The molecular weight excluding hydrogens is 290 g/mol. The summed E-state index contributed by atoms with van der Waals surface area (Å²) in [6, 6.07) is -0.179. The molecule has 0 saturated heterocycles. The number of nitrogens with one attached hydrogen (secondary N) is 1. The lowest BCUT2D eigenvalue weighted by atomic mass is 9.72. The molecule has 0 aliphatic heterocycles. The maximum Gasteiger partial charge on any atom is 0.408 e. The Morgan fingerprint density at radius 3 is 2.17 bits per heavy atom. The quantitative estimate of drug-likeness (QED) is 0.755. The lowest BCUT2D eigenvalue weighted by Crippen LogP contribution is -2.40. The summed E-state index contributed by atoms with van der Waals surface area (Å²) in [4.78, 5) is 12.0. The molecule has 1 amide bonds. The summed E-state index contributed by atoms with van der Waals surface area (Å²) in [7, 11) is 1.64. The van der Waals surface area contributed by atoms with Gasteiger partial charge in [-0.25, -0.2) is 4.79 Å². The maximum atomic E-state index is 12.0. The molecule has 0 radical (unpaired) electrons. The zero-order valence-electron chi connectivity index (χ0n) is 16.2. The van der Waals surface area contributed by atoms with Crippen molar-refractivity contribution in [3.8, 4) is 0 Å². The average Bonchev–Trinajstić information content (AvgIpc) is 2.54. The van der Waals surface area contributed by atoms with Crippen LogP contribution < -0.4 is 5.32 Å². The Morgan fingerprint density at radius 1 is 1.22 bits per heavy atom. The molecule has 4 nitrogen and oxygen atoms in total. The van der Waals surface area contributed by atoms with Gasteiger partial charge in [0.1, 0.15) is 5.60 Å². The third-order valence-electron chi connectivity index (χ3n) is 4.68. The number of carbonyl (C=O) groups excluding carboxylic acids is 1. The molecule has 1 atom stereocenters. The van der Waals surface area contributed by atoms with Crippen molar-refractivity contribution in [3.05, 3.63) is 12.2 Å². The van der Waals surface area contributed by atoms with Crippen LogP contribution >= 0.6 is 0 Å². The van der Waals surface area contributed by atoms with Crippen LogP contribution in [0, 0.1) is 16.7 Å². The van der Waals surface area contributed by atoms with Gasteiger partial charge in [0.15, 0.2) is 0 Å². The first-order chi connectivity index (χ1) is 10.4. The Morgan fingerprint density at radius 2 is 1.74 bits per heavy atom. The summed E-state index contributed by atoms with van der Waals surface area (Å²) in [5.41, 5.74) is 0.0634. The Kier molecular flexibility index (Phi) is 6.31. The Balaban J connectivity index is 2.77. The summed E-state index contributed by atoms with van der Waals surface area (Å²) in [6.07, 6.45) is 6.36. The van der Waals surface area contributed by atoms with E-state index in [-0.39, 0.29) is 16.9 Å². The first-order valence-corrected chi connectivity index (χ1v) is 8.54. The molecule has 0 aromatic heterocycles. The van der Waals surface area contributed by atoms with Gasteiger partial charge in [-0.15, -0.1) is 0 Å². The van der Waals surface area contributed by atoms with Gasteiger partial charge in [-0.1, -0.05) is 39.8 Å². The highest BCUT2D eigenvalue weighted by Crippen LogP contribution is 2.54. The molecule has 4 heteroatoms. The van der Waals surface area contributed by atoms with Crippen molar-refractivity contribution in [1.82, 2.24) is 5.32 Å². The zero-order valence-corrected chi connectivity index (χ0v) is 16.2.